The smallest absolute Gasteiger partial charge is 0.287 e. The number of furan rings is 1. The number of carbonyl (C=O) groups is 1. The molecule has 0 aliphatic heterocycles. The second kappa shape index (κ2) is 6.20. The third-order valence-corrected chi connectivity index (χ3v) is 3.03. The summed E-state index contributed by atoms with van der Waals surface area (Å²) in [6, 6.07) is 11.5. The monoisotopic (exact) mass is 258 g/mol. The Kier molecular flexibility index (Phi) is 4.36. The third-order valence-electron chi connectivity index (χ3n) is 3.03. The summed E-state index contributed by atoms with van der Waals surface area (Å²) >= 11 is 0. The predicted molar refractivity (Wildman–Crippen MR) is 73.8 cm³/mol. The van der Waals surface area contributed by atoms with Crippen molar-refractivity contribution in [1.82, 2.24) is 5.32 Å². The highest BCUT2D eigenvalue weighted by Crippen LogP contribution is 2.08. The van der Waals surface area contributed by atoms with Crippen LogP contribution < -0.4 is 11.1 Å². The number of hydrogen-bond donors (Lipinski definition) is 2. The van der Waals surface area contributed by atoms with Crippen LogP contribution in [0.15, 0.2) is 40.8 Å². The van der Waals surface area contributed by atoms with E-state index in [1.165, 1.54) is 11.1 Å². The molecule has 4 heteroatoms. The standard InChI is InChI=1S/C15H18N2O2/c1-11-4-2-3-5-12(11)8-9-17-15(18)14-7-6-13(10-16)19-14/h2-7H,8-10,16H2,1H3,(H,17,18). The minimum Gasteiger partial charge on any atom is -0.455 e. The van der Waals surface area contributed by atoms with Gasteiger partial charge in [-0.15, -0.1) is 0 Å². The molecule has 0 aliphatic carbocycles. The van der Waals surface area contributed by atoms with Crippen LogP contribution in [0.25, 0.3) is 0 Å². The molecule has 0 radical (unpaired) electrons. The molecule has 1 aromatic heterocycles. The molecule has 0 bridgehead atoms. The molecule has 0 saturated carbocycles. The third kappa shape index (κ3) is 3.45. The minimum atomic E-state index is -0.201. The van der Waals surface area contributed by atoms with Gasteiger partial charge in [0.05, 0.1) is 6.54 Å². The second-order valence-corrected chi connectivity index (χ2v) is 4.40. The van der Waals surface area contributed by atoms with Crippen LogP contribution in [0.2, 0.25) is 0 Å². The van der Waals surface area contributed by atoms with Gasteiger partial charge in [0.2, 0.25) is 0 Å². The molecular weight excluding hydrogens is 240 g/mol. The number of rotatable bonds is 5. The number of benzene rings is 1. The largest absolute Gasteiger partial charge is 0.455 e. The molecule has 0 unspecified atom stereocenters. The van der Waals surface area contributed by atoms with Crippen molar-refractivity contribution in [3.8, 4) is 0 Å². The Morgan fingerprint density at radius 2 is 2.05 bits per heavy atom. The summed E-state index contributed by atoms with van der Waals surface area (Å²) in [5.41, 5.74) is 7.91. The average Bonchev–Trinajstić information content (AvgIpc) is 2.90. The highest BCUT2D eigenvalue weighted by atomic mass is 16.4. The van der Waals surface area contributed by atoms with Crippen molar-refractivity contribution >= 4 is 5.91 Å². The van der Waals surface area contributed by atoms with Gasteiger partial charge in [0, 0.05) is 6.54 Å². The Morgan fingerprint density at radius 3 is 2.74 bits per heavy atom. The van der Waals surface area contributed by atoms with Crippen LogP contribution in [-0.2, 0) is 13.0 Å². The normalized spacial score (nSPS) is 10.4. The lowest BCUT2D eigenvalue weighted by atomic mass is 10.1. The molecule has 0 saturated heterocycles. The lowest BCUT2D eigenvalue weighted by Crippen LogP contribution is -2.25. The molecule has 1 heterocycles. The fourth-order valence-corrected chi connectivity index (χ4v) is 1.90. The van der Waals surface area contributed by atoms with Crippen LogP contribution in [0, 0.1) is 6.92 Å². The number of amides is 1. The van der Waals surface area contributed by atoms with Gasteiger partial charge in [0.15, 0.2) is 5.76 Å². The maximum absolute atomic E-state index is 11.8. The molecule has 2 rings (SSSR count). The van der Waals surface area contributed by atoms with E-state index in [-0.39, 0.29) is 5.91 Å². The first-order valence-electron chi connectivity index (χ1n) is 6.32. The Bertz CT molecular complexity index is 561. The molecule has 3 N–H and O–H groups in total. The molecular formula is C15H18N2O2. The van der Waals surface area contributed by atoms with Gasteiger partial charge in [0.1, 0.15) is 5.76 Å². The van der Waals surface area contributed by atoms with E-state index in [1.807, 2.05) is 12.1 Å². The van der Waals surface area contributed by atoms with Crippen molar-refractivity contribution in [2.75, 3.05) is 6.54 Å². The first-order valence-corrected chi connectivity index (χ1v) is 6.32. The van der Waals surface area contributed by atoms with Gasteiger partial charge in [-0.1, -0.05) is 24.3 Å². The summed E-state index contributed by atoms with van der Waals surface area (Å²) < 4.78 is 5.28. The van der Waals surface area contributed by atoms with Crippen molar-refractivity contribution in [2.24, 2.45) is 5.73 Å². The number of nitrogens with one attached hydrogen (secondary N) is 1. The highest BCUT2D eigenvalue weighted by molar-refractivity contribution is 5.91. The van der Waals surface area contributed by atoms with Crippen LogP contribution in [0.1, 0.15) is 27.4 Å². The quantitative estimate of drug-likeness (QED) is 0.862. The molecule has 0 aliphatic rings. The lowest BCUT2D eigenvalue weighted by molar-refractivity contribution is 0.0924. The van der Waals surface area contributed by atoms with E-state index >= 15 is 0 Å². The molecule has 1 amide bonds. The summed E-state index contributed by atoms with van der Waals surface area (Å²) in [4.78, 5) is 11.8. The van der Waals surface area contributed by atoms with Gasteiger partial charge in [-0.2, -0.15) is 0 Å². The molecule has 1 aromatic carbocycles. The van der Waals surface area contributed by atoms with Crippen LogP contribution in [0.3, 0.4) is 0 Å². The fourth-order valence-electron chi connectivity index (χ4n) is 1.90. The summed E-state index contributed by atoms with van der Waals surface area (Å²) in [5.74, 6) is 0.725. The van der Waals surface area contributed by atoms with Gasteiger partial charge >= 0.3 is 0 Å². The number of carbonyl (C=O) groups excluding carboxylic acids is 1. The number of nitrogens with two attached hydrogens (primary N) is 1. The van der Waals surface area contributed by atoms with E-state index in [0.717, 1.165) is 6.42 Å². The van der Waals surface area contributed by atoms with Crippen LogP contribution in [0.4, 0.5) is 0 Å². The van der Waals surface area contributed by atoms with Gasteiger partial charge in [0.25, 0.3) is 5.91 Å². The number of hydrogen-bond acceptors (Lipinski definition) is 3. The second-order valence-electron chi connectivity index (χ2n) is 4.40. The zero-order chi connectivity index (χ0) is 13.7. The minimum absolute atomic E-state index is 0.201. The highest BCUT2D eigenvalue weighted by Gasteiger charge is 2.09. The molecule has 0 spiro atoms. The summed E-state index contributed by atoms with van der Waals surface area (Å²) in [7, 11) is 0. The average molecular weight is 258 g/mol. The number of aryl methyl sites for hydroxylation is 1. The Hall–Kier alpha value is -2.07. The zero-order valence-electron chi connectivity index (χ0n) is 11.0. The Morgan fingerprint density at radius 1 is 1.26 bits per heavy atom. The summed E-state index contributed by atoms with van der Waals surface area (Å²) in [6.45, 7) is 2.95. The van der Waals surface area contributed by atoms with Crippen LogP contribution >= 0.6 is 0 Å². The van der Waals surface area contributed by atoms with E-state index in [4.69, 9.17) is 10.2 Å². The van der Waals surface area contributed by atoms with Crippen molar-refractivity contribution in [2.45, 2.75) is 19.9 Å². The van der Waals surface area contributed by atoms with Crippen molar-refractivity contribution in [3.63, 3.8) is 0 Å². The first kappa shape index (κ1) is 13.4. The zero-order valence-corrected chi connectivity index (χ0v) is 11.0. The summed E-state index contributed by atoms with van der Waals surface area (Å²) in [5, 5.41) is 2.84. The van der Waals surface area contributed by atoms with E-state index in [2.05, 4.69) is 24.4 Å². The van der Waals surface area contributed by atoms with Gasteiger partial charge in [-0.25, -0.2) is 0 Å². The summed E-state index contributed by atoms with van der Waals surface area (Å²) in [6.07, 6.45) is 0.808. The molecule has 100 valence electrons. The van der Waals surface area contributed by atoms with E-state index in [9.17, 15) is 4.79 Å². The van der Waals surface area contributed by atoms with Gasteiger partial charge < -0.3 is 15.5 Å². The SMILES string of the molecule is Cc1ccccc1CCNC(=O)c1ccc(CN)o1. The van der Waals surface area contributed by atoms with E-state index < -0.39 is 0 Å². The Labute approximate surface area is 112 Å². The lowest BCUT2D eigenvalue weighted by Gasteiger charge is -2.06. The fraction of sp³-hybridized carbons (Fsp3) is 0.267. The molecule has 0 atom stereocenters. The van der Waals surface area contributed by atoms with Crippen LogP contribution in [-0.4, -0.2) is 12.5 Å². The molecule has 2 aromatic rings. The van der Waals surface area contributed by atoms with Crippen molar-refractivity contribution in [3.05, 3.63) is 59.0 Å². The van der Waals surface area contributed by atoms with Crippen molar-refractivity contribution < 1.29 is 9.21 Å². The van der Waals surface area contributed by atoms with Gasteiger partial charge in [-0.3, -0.25) is 4.79 Å². The molecule has 0 fully saturated rings. The first-order chi connectivity index (χ1) is 9.20. The maximum Gasteiger partial charge on any atom is 0.287 e. The Balaban J connectivity index is 1.86. The molecule has 19 heavy (non-hydrogen) atoms. The predicted octanol–water partition coefficient (Wildman–Crippen LogP) is 2.02. The maximum atomic E-state index is 11.8. The van der Waals surface area contributed by atoms with E-state index in [1.54, 1.807) is 12.1 Å². The molecule has 4 nitrogen and oxygen atoms in total. The van der Waals surface area contributed by atoms with Gasteiger partial charge in [-0.05, 0) is 36.6 Å². The van der Waals surface area contributed by atoms with E-state index in [0.29, 0.717) is 24.6 Å². The topological polar surface area (TPSA) is 68.3 Å². The van der Waals surface area contributed by atoms with Crippen molar-refractivity contribution in [1.29, 1.82) is 0 Å². The van der Waals surface area contributed by atoms with Crippen LogP contribution in [0.5, 0.6) is 0 Å².